The van der Waals surface area contributed by atoms with Crippen LogP contribution >= 0.6 is 0 Å². The van der Waals surface area contributed by atoms with Crippen LogP contribution in [0, 0.1) is 6.92 Å². The van der Waals surface area contributed by atoms with Crippen LogP contribution in [0.25, 0.3) is 17.0 Å². The molecule has 0 amide bonds. The van der Waals surface area contributed by atoms with E-state index in [1.54, 1.807) is 12.3 Å². The van der Waals surface area contributed by atoms with E-state index in [4.69, 9.17) is 4.74 Å². The number of likely N-dealkylation sites (tertiary alicyclic amines) is 1. The molecule has 34 heavy (non-hydrogen) atoms. The van der Waals surface area contributed by atoms with Gasteiger partial charge in [0.1, 0.15) is 6.10 Å². The number of esters is 1. The summed E-state index contributed by atoms with van der Waals surface area (Å²) in [4.78, 5) is 19.5. The van der Waals surface area contributed by atoms with E-state index in [2.05, 4.69) is 26.7 Å². The molecule has 0 saturated carbocycles. The lowest BCUT2D eigenvalue weighted by atomic mass is 9.97. The molecule has 1 atom stereocenters. The molecule has 174 valence electrons. The Morgan fingerprint density at radius 3 is 2.88 bits per heavy atom. The van der Waals surface area contributed by atoms with Crippen LogP contribution in [0.3, 0.4) is 0 Å². The lowest BCUT2D eigenvalue weighted by molar-refractivity contribution is -0.143. The smallest absolute Gasteiger partial charge is 0.338 e. The van der Waals surface area contributed by atoms with Crippen LogP contribution in [0.1, 0.15) is 24.6 Å². The van der Waals surface area contributed by atoms with E-state index in [0.717, 1.165) is 58.9 Å². The molecule has 0 aromatic carbocycles. The Labute approximate surface area is 200 Å². The number of rotatable bonds is 5. The van der Waals surface area contributed by atoms with Crippen LogP contribution in [0.5, 0.6) is 0 Å². The number of allylic oxidation sites excluding steroid dienone is 9. The lowest BCUT2D eigenvalue weighted by Gasteiger charge is -2.13. The summed E-state index contributed by atoms with van der Waals surface area (Å²) in [5.74, 6) is -0.299. The predicted molar refractivity (Wildman–Crippen MR) is 136 cm³/mol. The molecule has 1 saturated heterocycles. The summed E-state index contributed by atoms with van der Waals surface area (Å²) in [5, 5.41) is 7.32. The van der Waals surface area contributed by atoms with Crippen LogP contribution in [-0.4, -0.2) is 52.3 Å². The van der Waals surface area contributed by atoms with Gasteiger partial charge >= 0.3 is 5.97 Å². The average molecular weight is 455 g/mol. The van der Waals surface area contributed by atoms with Crippen LogP contribution in [0.15, 0.2) is 90.2 Å². The largest absolute Gasteiger partial charge is 0.457 e. The van der Waals surface area contributed by atoms with Gasteiger partial charge in [0.15, 0.2) is 0 Å². The second-order valence-corrected chi connectivity index (χ2v) is 8.58. The first kappa shape index (κ1) is 23.4. The van der Waals surface area contributed by atoms with Crippen molar-refractivity contribution in [3.05, 3.63) is 101 Å². The van der Waals surface area contributed by atoms with E-state index in [0.29, 0.717) is 5.57 Å². The van der Waals surface area contributed by atoms with Crippen LogP contribution in [-0.2, 0) is 9.53 Å². The zero-order valence-electron chi connectivity index (χ0n) is 19.9. The first-order valence-electron chi connectivity index (χ1n) is 11.5. The molecule has 2 aromatic heterocycles. The summed E-state index contributed by atoms with van der Waals surface area (Å²) < 4.78 is 5.70. The molecule has 4 rings (SSSR count). The Balaban J connectivity index is 1.55. The molecule has 0 radical (unpaired) electrons. The fourth-order valence-corrected chi connectivity index (χ4v) is 4.05. The summed E-state index contributed by atoms with van der Waals surface area (Å²) in [6, 6.07) is 5.92. The molecule has 1 aliphatic heterocycles. The quantitative estimate of drug-likeness (QED) is 0.510. The number of aryl methyl sites for hydroxylation is 1. The van der Waals surface area contributed by atoms with Gasteiger partial charge in [-0.3, -0.25) is 10.1 Å². The topological polar surface area (TPSA) is 71.1 Å². The summed E-state index contributed by atoms with van der Waals surface area (Å²) >= 11 is 0. The Hall–Kier alpha value is -3.77. The fraction of sp³-hybridized carbons (Fsp3) is 0.250. The minimum absolute atomic E-state index is 0.0561. The van der Waals surface area contributed by atoms with Crippen LogP contribution < -0.4 is 0 Å². The van der Waals surface area contributed by atoms with E-state index in [1.165, 1.54) is 0 Å². The zero-order valence-corrected chi connectivity index (χ0v) is 19.9. The molecule has 0 spiro atoms. The van der Waals surface area contributed by atoms with E-state index in [9.17, 15) is 4.79 Å². The van der Waals surface area contributed by atoms with Gasteiger partial charge in [-0.1, -0.05) is 49.1 Å². The minimum Gasteiger partial charge on any atom is -0.457 e. The molecular weight excluding hydrogens is 424 g/mol. The molecule has 1 N–H and O–H groups in total. The molecule has 1 fully saturated rings. The van der Waals surface area contributed by atoms with Gasteiger partial charge in [-0.15, -0.1) is 0 Å². The number of aromatic amines is 1. The van der Waals surface area contributed by atoms with E-state index in [-0.39, 0.29) is 12.1 Å². The second-order valence-electron chi connectivity index (χ2n) is 8.58. The third-order valence-electron chi connectivity index (χ3n) is 5.96. The Bertz CT molecular complexity index is 1240. The predicted octanol–water partition coefficient (Wildman–Crippen LogP) is 4.97. The number of carbonyl (C=O) groups is 1. The number of likely N-dealkylation sites (N-methyl/N-ethyl adjacent to an activating group) is 1. The molecule has 1 aliphatic carbocycles. The molecule has 3 heterocycles. The molecule has 0 unspecified atom stereocenters. The highest BCUT2D eigenvalue weighted by atomic mass is 16.5. The maximum Gasteiger partial charge on any atom is 0.338 e. The van der Waals surface area contributed by atoms with E-state index >= 15 is 0 Å². The lowest BCUT2D eigenvalue weighted by Crippen LogP contribution is -2.22. The average Bonchev–Trinajstić information content (AvgIpc) is 3.45. The third kappa shape index (κ3) is 5.41. The number of carbonyl (C=O) groups excluding carboxylic acids is 1. The highest BCUT2D eigenvalue weighted by Crippen LogP contribution is 2.29. The van der Waals surface area contributed by atoms with Gasteiger partial charge in [0.05, 0.1) is 23.2 Å². The van der Waals surface area contributed by atoms with Crippen LogP contribution in [0.4, 0.5) is 0 Å². The van der Waals surface area contributed by atoms with E-state index in [1.807, 2.05) is 75.6 Å². The van der Waals surface area contributed by atoms with Gasteiger partial charge in [-0.25, -0.2) is 4.79 Å². The Morgan fingerprint density at radius 2 is 2.15 bits per heavy atom. The number of pyridine rings is 1. The second kappa shape index (κ2) is 10.4. The van der Waals surface area contributed by atoms with E-state index < -0.39 is 0 Å². The number of hydrogen-bond acceptors (Lipinski definition) is 5. The fourth-order valence-electron chi connectivity index (χ4n) is 4.05. The number of ether oxygens (including phenoxy) is 1. The highest BCUT2D eigenvalue weighted by molar-refractivity contribution is 5.92. The first-order chi connectivity index (χ1) is 16.4. The van der Waals surface area contributed by atoms with Crippen molar-refractivity contribution in [1.82, 2.24) is 20.1 Å². The number of nitrogens with zero attached hydrogens (tertiary/aromatic N) is 3. The number of aromatic nitrogens is 3. The van der Waals surface area contributed by atoms with Crippen molar-refractivity contribution in [2.24, 2.45) is 0 Å². The minimum atomic E-state index is -0.299. The summed E-state index contributed by atoms with van der Waals surface area (Å²) in [6.45, 7) is 9.74. The van der Waals surface area contributed by atoms with Crippen molar-refractivity contribution >= 4 is 11.5 Å². The van der Waals surface area contributed by atoms with Crippen molar-refractivity contribution in [3.63, 3.8) is 0 Å². The first-order valence-corrected chi connectivity index (χ1v) is 11.5. The number of nitrogens with one attached hydrogen (secondary N) is 1. The molecule has 6 heteroatoms. The van der Waals surface area contributed by atoms with Gasteiger partial charge in [0, 0.05) is 24.3 Å². The standard InChI is InChI=1S/C28H30N4O2/c1-5-21(28(33)34-24-14-15-32(4)18-24)16-23-10-7-9-22(13-12-19(23)2)25-17-29-31-27(25)26-11-6-8-20(3)30-26/h5-13,16-17,24H,2,14-15,18H2,1,3-4H3,(H,29,31)/b10-7+,13-12-,21-5+,22-9-,23-16-/t24-/m1/s1. The van der Waals surface area contributed by atoms with Gasteiger partial charge in [0.2, 0.25) is 0 Å². The molecule has 6 nitrogen and oxygen atoms in total. The van der Waals surface area contributed by atoms with Crippen molar-refractivity contribution in [2.75, 3.05) is 20.1 Å². The molecule has 2 aromatic rings. The molecular formula is C28H30N4O2. The molecule has 2 aliphatic rings. The Kier molecular flexibility index (Phi) is 7.18. The van der Waals surface area contributed by atoms with Crippen molar-refractivity contribution in [1.29, 1.82) is 0 Å². The van der Waals surface area contributed by atoms with Gasteiger partial charge < -0.3 is 9.64 Å². The van der Waals surface area contributed by atoms with Gasteiger partial charge in [0.25, 0.3) is 0 Å². The summed E-state index contributed by atoms with van der Waals surface area (Å²) in [7, 11) is 2.04. The summed E-state index contributed by atoms with van der Waals surface area (Å²) in [6.07, 6.45) is 16.1. The highest BCUT2D eigenvalue weighted by Gasteiger charge is 2.24. The maximum absolute atomic E-state index is 12.7. The SMILES string of the molecule is C=C1\C=C/C(c2cn[nH]c2-c2cccc(C)n2)=C/C=C/C1=C/C(=C\C)C(=O)O[C@@H]1CCN(C)C1. The van der Waals surface area contributed by atoms with Gasteiger partial charge in [-0.2, -0.15) is 5.10 Å². The maximum atomic E-state index is 12.7. The normalized spacial score (nSPS) is 23.8. The number of H-pyrrole nitrogens is 1. The van der Waals surface area contributed by atoms with Crippen molar-refractivity contribution in [2.45, 2.75) is 26.4 Å². The van der Waals surface area contributed by atoms with Gasteiger partial charge in [-0.05, 0) is 62.2 Å². The third-order valence-corrected chi connectivity index (χ3v) is 5.96. The Morgan fingerprint density at radius 1 is 1.29 bits per heavy atom. The number of hydrogen-bond donors (Lipinski definition) is 1. The monoisotopic (exact) mass is 454 g/mol. The molecule has 0 bridgehead atoms. The van der Waals surface area contributed by atoms with Crippen molar-refractivity contribution in [3.8, 4) is 11.4 Å². The zero-order chi connectivity index (χ0) is 24.1. The van der Waals surface area contributed by atoms with Crippen LogP contribution in [0.2, 0.25) is 0 Å². The van der Waals surface area contributed by atoms with Crippen molar-refractivity contribution < 1.29 is 9.53 Å². The summed E-state index contributed by atoms with van der Waals surface area (Å²) in [5.41, 5.74) is 6.78.